The number of hydrogen-bond donors (Lipinski definition) is 1. The molecule has 3 atom stereocenters. The van der Waals surface area contributed by atoms with E-state index in [0.717, 1.165) is 21.5 Å². The zero-order chi connectivity index (χ0) is 13.8. The fourth-order valence-corrected chi connectivity index (χ4v) is 4.49. The van der Waals surface area contributed by atoms with Crippen molar-refractivity contribution in [3.63, 3.8) is 0 Å². The topological polar surface area (TPSA) is 12.0 Å². The number of benzene rings is 1. The largest absolute Gasteiger partial charge is 0.314 e. The molecule has 4 heteroatoms. The standard InChI is InChI=1S/C15H21Cl2NS/c1-3-8-18-13-6-7-14(10(13)2)19-15-9-11(16)4-5-12(15)17/h4-5,9-10,13-14,18H,3,6-8H2,1-2H3. The molecule has 1 saturated carbocycles. The second-order valence-electron chi connectivity index (χ2n) is 5.23. The predicted octanol–water partition coefficient (Wildman–Crippen LogP) is 5.25. The van der Waals surface area contributed by atoms with Crippen LogP contribution in [0.1, 0.15) is 33.1 Å². The lowest BCUT2D eigenvalue weighted by molar-refractivity contribution is 0.432. The van der Waals surface area contributed by atoms with Gasteiger partial charge in [-0.05, 0) is 49.9 Å². The summed E-state index contributed by atoms with van der Waals surface area (Å²) in [6.45, 7) is 5.67. The van der Waals surface area contributed by atoms with Crippen molar-refractivity contribution in [2.45, 2.75) is 49.3 Å². The maximum atomic E-state index is 6.25. The third kappa shape index (κ3) is 4.04. The quantitative estimate of drug-likeness (QED) is 0.795. The lowest BCUT2D eigenvalue weighted by atomic mass is 10.1. The van der Waals surface area contributed by atoms with Crippen LogP contribution in [0, 0.1) is 5.92 Å². The van der Waals surface area contributed by atoms with E-state index in [2.05, 4.69) is 19.2 Å². The molecular formula is C15H21Cl2NS. The van der Waals surface area contributed by atoms with Gasteiger partial charge < -0.3 is 5.32 Å². The third-order valence-corrected chi connectivity index (χ3v) is 6.05. The van der Waals surface area contributed by atoms with Crippen LogP contribution < -0.4 is 5.32 Å². The Morgan fingerprint density at radius 2 is 2.11 bits per heavy atom. The van der Waals surface area contributed by atoms with E-state index in [1.54, 1.807) is 0 Å². The highest BCUT2D eigenvalue weighted by atomic mass is 35.5. The highest BCUT2D eigenvalue weighted by Gasteiger charge is 2.33. The molecular weight excluding hydrogens is 297 g/mol. The normalized spacial score (nSPS) is 26.8. The first kappa shape index (κ1) is 15.5. The van der Waals surface area contributed by atoms with Gasteiger partial charge in [-0.3, -0.25) is 0 Å². The smallest absolute Gasteiger partial charge is 0.0542 e. The van der Waals surface area contributed by atoms with E-state index >= 15 is 0 Å². The number of thioether (sulfide) groups is 1. The summed E-state index contributed by atoms with van der Waals surface area (Å²) < 4.78 is 0. The lowest BCUT2D eigenvalue weighted by Gasteiger charge is -2.21. The van der Waals surface area contributed by atoms with E-state index < -0.39 is 0 Å². The van der Waals surface area contributed by atoms with Crippen LogP contribution in [0.2, 0.25) is 10.0 Å². The van der Waals surface area contributed by atoms with Crippen LogP contribution in [0.25, 0.3) is 0 Å². The summed E-state index contributed by atoms with van der Waals surface area (Å²) in [5.74, 6) is 0.673. The molecule has 0 aromatic heterocycles. The van der Waals surface area contributed by atoms with Gasteiger partial charge in [-0.25, -0.2) is 0 Å². The molecule has 1 aliphatic carbocycles. The zero-order valence-electron chi connectivity index (χ0n) is 11.5. The van der Waals surface area contributed by atoms with E-state index in [-0.39, 0.29) is 0 Å². The summed E-state index contributed by atoms with van der Waals surface area (Å²) in [5.41, 5.74) is 0. The SMILES string of the molecule is CCCNC1CCC(Sc2cc(Cl)ccc2Cl)C1C. The fraction of sp³-hybridized carbons (Fsp3) is 0.600. The van der Waals surface area contributed by atoms with Gasteiger partial charge >= 0.3 is 0 Å². The van der Waals surface area contributed by atoms with E-state index in [9.17, 15) is 0 Å². The van der Waals surface area contributed by atoms with Gasteiger partial charge in [0, 0.05) is 21.2 Å². The Bertz CT molecular complexity index is 425. The number of hydrogen-bond acceptors (Lipinski definition) is 2. The molecule has 0 bridgehead atoms. The summed E-state index contributed by atoms with van der Waals surface area (Å²) in [7, 11) is 0. The van der Waals surface area contributed by atoms with Crippen molar-refractivity contribution in [2.75, 3.05) is 6.54 Å². The minimum Gasteiger partial charge on any atom is -0.314 e. The molecule has 0 saturated heterocycles. The fourth-order valence-electron chi connectivity index (χ4n) is 2.64. The van der Waals surface area contributed by atoms with Gasteiger partial charge in [0.05, 0.1) is 5.02 Å². The highest BCUT2D eigenvalue weighted by Crippen LogP contribution is 2.41. The Morgan fingerprint density at radius 3 is 2.84 bits per heavy atom. The van der Waals surface area contributed by atoms with E-state index in [4.69, 9.17) is 23.2 Å². The van der Waals surface area contributed by atoms with Crippen molar-refractivity contribution in [3.8, 4) is 0 Å². The van der Waals surface area contributed by atoms with Crippen LogP contribution >= 0.6 is 35.0 Å². The van der Waals surface area contributed by atoms with Gasteiger partial charge in [0.1, 0.15) is 0 Å². The average molecular weight is 318 g/mol. The van der Waals surface area contributed by atoms with Crippen LogP contribution in [-0.2, 0) is 0 Å². The van der Waals surface area contributed by atoms with Crippen molar-refractivity contribution in [1.82, 2.24) is 5.32 Å². The van der Waals surface area contributed by atoms with Gasteiger partial charge in [-0.15, -0.1) is 11.8 Å². The molecule has 106 valence electrons. The van der Waals surface area contributed by atoms with Gasteiger partial charge in [0.2, 0.25) is 0 Å². The molecule has 0 amide bonds. The van der Waals surface area contributed by atoms with E-state index in [1.165, 1.54) is 19.3 Å². The van der Waals surface area contributed by atoms with Gasteiger partial charge in [0.15, 0.2) is 0 Å². The number of nitrogens with one attached hydrogen (secondary N) is 1. The molecule has 0 radical (unpaired) electrons. The summed E-state index contributed by atoms with van der Waals surface area (Å²) in [5, 5.41) is 5.85. The highest BCUT2D eigenvalue weighted by molar-refractivity contribution is 8.00. The molecule has 3 unspecified atom stereocenters. The first-order valence-corrected chi connectivity index (χ1v) is 8.60. The summed E-state index contributed by atoms with van der Waals surface area (Å²) in [4.78, 5) is 1.11. The van der Waals surface area contributed by atoms with Crippen molar-refractivity contribution in [1.29, 1.82) is 0 Å². The second kappa shape index (κ2) is 7.21. The van der Waals surface area contributed by atoms with Crippen LogP contribution in [0.3, 0.4) is 0 Å². The molecule has 1 aromatic carbocycles. The van der Waals surface area contributed by atoms with Gasteiger partial charge in [0.25, 0.3) is 0 Å². The minimum atomic E-state index is 0.630. The monoisotopic (exact) mass is 317 g/mol. The summed E-state index contributed by atoms with van der Waals surface area (Å²) >= 11 is 14.2. The van der Waals surface area contributed by atoms with Crippen molar-refractivity contribution < 1.29 is 0 Å². The van der Waals surface area contributed by atoms with Crippen molar-refractivity contribution in [2.24, 2.45) is 5.92 Å². The lowest BCUT2D eigenvalue weighted by Crippen LogP contribution is -2.33. The average Bonchev–Trinajstić information content (AvgIpc) is 2.73. The van der Waals surface area contributed by atoms with Crippen LogP contribution in [0.4, 0.5) is 0 Å². The van der Waals surface area contributed by atoms with Gasteiger partial charge in [-0.1, -0.05) is 37.0 Å². The molecule has 0 heterocycles. The Balaban J connectivity index is 1.98. The van der Waals surface area contributed by atoms with Crippen molar-refractivity contribution in [3.05, 3.63) is 28.2 Å². The minimum absolute atomic E-state index is 0.630. The molecule has 1 fully saturated rings. The van der Waals surface area contributed by atoms with E-state index in [0.29, 0.717) is 17.2 Å². The Kier molecular flexibility index (Phi) is 5.88. The van der Waals surface area contributed by atoms with Crippen LogP contribution in [0.5, 0.6) is 0 Å². The molecule has 0 spiro atoms. The molecule has 0 aliphatic heterocycles. The maximum Gasteiger partial charge on any atom is 0.0542 e. The molecule has 1 aromatic rings. The second-order valence-corrected chi connectivity index (χ2v) is 7.35. The Labute approximate surface area is 130 Å². The van der Waals surface area contributed by atoms with Gasteiger partial charge in [-0.2, -0.15) is 0 Å². The first-order chi connectivity index (χ1) is 9.11. The first-order valence-electron chi connectivity index (χ1n) is 6.97. The summed E-state index contributed by atoms with van der Waals surface area (Å²) in [6, 6.07) is 6.36. The van der Waals surface area contributed by atoms with E-state index in [1.807, 2.05) is 30.0 Å². The number of halogens is 2. The number of rotatable bonds is 5. The Morgan fingerprint density at radius 1 is 1.32 bits per heavy atom. The third-order valence-electron chi connectivity index (χ3n) is 3.81. The van der Waals surface area contributed by atoms with Crippen molar-refractivity contribution >= 4 is 35.0 Å². The molecule has 1 N–H and O–H groups in total. The maximum absolute atomic E-state index is 6.25. The summed E-state index contributed by atoms with van der Waals surface area (Å²) in [6.07, 6.45) is 3.70. The zero-order valence-corrected chi connectivity index (χ0v) is 13.8. The Hall–Kier alpha value is 0.110. The van der Waals surface area contributed by atoms with Crippen LogP contribution in [-0.4, -0.2) is 17.8 Å². The van der Waals surface area contributed by atoms with Crippen LogP contribution in [0.15, 0.2) is 23.1 Å². The molecule has 19 heavy (non-hydrogen) atoms. The molecule has 1 nitrogen and oxygen atoms in total. The molecule has 1 aliphatic rings. The molecule has 2 rings (SSSR count). The predicted molar refractivity (Wildman–Crippen MR) is 86.6 cm³/mol.